The molecule has 0 saturated carbocycles. The Kier molecular flexibility index (Phi) is 5.61. The molecule has 0 fully saturated rings. The molecular formula is C10H22O2S. The Morgan fingerprint density at radius 3 is 1.85 bits per heavy atom. The van der Waals surface area contributed by atoms with Gasteiger partial charge in [0.1, 0.15) is 0 Å². The Morgan fingerprint density at radius 2 is 1.54 bits per heavy atom. The second-order valence-electron chi connectivity index (χ2n) is 3.63. The highest BCUT2D eigenvalue weighted by Gasteiger charge is 2.27. The first kappa shape index (κ1) is 12.9. The summed E-state index contributed by atoms with van der Waals surface area (Å²) >= 11 is 0. The van der Waals surface area contributed by atoms with Crippen LogP contribution in [0.4, 0.5) is 0 Å². The van der Waals surface area contributed by atoms with Crippen LogP contribution in [0, 0.1) is 0 Å². The maximum atomic E-state index is 11.9. The predicted molar refractivity (Wildman–Crippen MR) is 57.7 cm³/mol. The van der Waals surface area contributed by atoms with Crippen molar-refractivity contribution in [2.24, 2.45) is 0 Å². The monoisotopic (exact) mass is 206 g/mol. The van der Waals surface area contributed by atoms with Crippen molar-refractivity contribution in [3.05, 3.63) is 0 Å². The van der Waals surface area contributed by atoms with Gasteiger partial charge in [-0.2, -0.15) is 0 Å². The quantitative estimate of drug-likeness (QED) is 0.669. The van der Waals surface area contributed by atoms with Crippen molar-refractivity contribution < 1.29 is 8.42 Å². The molecule has 1 unspecified atom stereocenters. The summed E-state index contributed by atoms with van der Waals surface area (Å²) in [4.78, 5) is 0. The molecule has 0 heterocycles. The Balaban J connectivity index is 4.53. The summed E-state index contributed by atoms with van der Waals surface area (Å²) in [5, 5.41) is -0.295. The first-order valence-corrected chi connectivity index (χ1v) is 6.84. The molecule has 0 amide bonds. The van der Waals surface area contributed by atoms with E-state index in [2.05, 4.69) is 0 Å². The van der Waals surface area contributed by atoms with Crippen molar-refractivity contribution in [2.75, 3.05) is 0 Å². The molecule has 1 atom stereocenters. The van der Waals surface area contributed by atoms with Gasteiger partial charge in [0.2, 0.25) is 0 Å². The van der Waals surface area contributed by atoms with Gasteiger partial charge in [0.15, 0.2) is 9.84 Å². The van der Waals surface area contributed by atoms with E-state index in [0.717, 1.165) is 25.7 Å². The van der Waals surface area contributed by atoms with Gasteiger partial charge in [0.25, 0.3) is 0 Å². The van der Waals surface area contributed by atoms with Gasteiger partial charge in [0.05, 0.1) is 10.5 Å². The van der Waals surface area contributed by atoms with Crippen molar-refractivity contribution in [2.45, 2.75) is 63.9 Å². The van der Waals surface area contributed by atoms with Crippen molar-refractivity contribution in [3.63, 3.8) is 0 Å². The fourth-order valence-corrected chi connectivity index (χ4v) is 3.80. The SMILES string of the molecule is CCCC(C)S(=O)(=O)C(CC)CC. The van der Waals surface area contributed by atoms with Gasteiger partial charge >= 0.3 is 0 Å². The Bertz CT molecular complexity index is 215. The van der Waals surface area contributed by atoms with E-state index in [1.54, 1.807) is 0 Å². The van der Waals surface area contributed by atoms with Crippen molar-refractivity contribution in [1.29, 1.82) is 0 Å². The fraction of sp³-hybridized carbons (Fsp3) is 1.00. The van der Waals surface area contributed by atoms with Crippen LogP contribution < -0.4 is 0 Å². The van der Waals surface area contributed by atoms with Crippen molar-refractivity contribution >= 4 is 9.84 Å². The first-order valence-electron chi connectivity index (χ1n) is 5.23. The molecule has 0 N–H and O–H groups in total. The van der Waals surface area contributed by atoms with Crippen LogP contribution in [-0.4, -0.2) is 18.9 Å². The highest BCUT2D eigenvalue weighted by atomic mass is 32.2. The third-order valence-corrected chi connectivity index (χ3v) is 5.58. The molecule has 2 nitrogen and oxygen atoms in total. The second-order valence-corrected chi connectivity index (χ2v) is 6.28. The summed E-state index contributed by atoms with van der Waals surface area (Å²) in [7, 11) is -2.86. The summed E-state index contributed by atoms with van der Waals surface area (Å²) < 4.78 is 23.8. The fourth-order valence-electron chi connectivity index (χ4n) is 1.65. The van der Waals surface area contributed by atoms with E-state index in [1.807, 2.05) is 27.7 Å². The second kappa shape index (κ2) is 5.63. The number of rotatable bonds is 6. The number of hydrogen-bond acceptors (Lipinski definition) is 2. The lowest BCUT2D eigenvalue weighted by Crippen LogP contribution is -2.29. The molecule has 0 aliphatic heterocycles. The molecule has 80 valence electrons. The van der Waals surface area contributed by atoms with Gasteiger partial charge < -0.3 is 0 Å². The molecule has 0 aromatic carbocycles. The predicted octanol–water partition coefficient (Wildman–Crippen LogP) is 2.78. The maximum absolute atomic E-state index is 11.9. The van der Waals surface area contributed by atoms with Gasteiger partial charge in [-0.05, 0) is 26.2 Å². The molecule has 13 heavy (non-hydrogen) atoms. The van der Waals surface area contributed by atoms with Crippen LogP contribution in [0.15, 0.2) is 0 Å². The Morgan fingerprint density at radius 1 is 1.08 bits per heavy atom. The van der Waals surface area contributed by atoms with E-state index in [4.69, 9.17) is 0 Å². The molecule has 0 aromatic heterocycles. The van der Waals surface area contributed by atoms with E-state index in [1.165, 1.54) is 0 Å². The molecule has 0 aliphatic rings. The van der Waals surface area contributed by atoms with Crippen LogP contribution in [0.25, 0.3) is 0 Å². The maximum Gasteiger partial charge on any atom is 0.155 e. The molecule has 0 aliphatic carbocycles. The molecule has 0 spiro atoms. The lowest BCUT2D eigenvalue weighted by Gasteiger charge is -2.19. The molecule has 0 aromatic rings. The zero-order valence-corrected chi connectivity index (χ0v) is 10.0. The largest absolute Gasteiger partial charge is 0.228 e. The highest BCUT2D eigenvalue weighted by molar-refractivity contribution is 7.92. The zero-order valence-electron chi connectivity index (χ0n) is 9.21. The molecule has 0 radical (unpaired) electrons. The van der Waals surface area contributed by atoms with Crippen LogP contribution in [0.3, 0.4) is 0 Å². The zero-order chi connectivity index (χ0) is 10.5. The van der Waals surface area contributed by atoms with Crippen LogP contribution in [0.2, 0.25) is 0 Å². The standard InChI is InChI=1S/C10H22O2S/c1-5-8-9(4)13(11,12)10(6-2)7-3/h9-10H,5-8H2,1-4H3. The Hall–Kier alpha value is -0.0500. The average molecular weight is 206 g/mol. The molecule has 0 rings (SSSR count). The topological polar surface area (TPSA) is 34.1 Å². The molecule has 3 heteroatoms. The van der Waals surface area contributed by atoms with Crippen molar-refractivity contribution in [1.82, 2.24) is 0 Å². The summed E-state index contributed by atoms with van der Waals surface area (Å²) in [6.07, 6.45) is 3.22. The van der Waals surface area contributed by atoms with Gasteiger partial charge in [-0.3, -0.25) is 0 Å². The third kappa shape index (κ3) is 3.29. The first-order chi connectivity index (χ1) is 6.00. The smallest absolute Gasteiger partial charge is 0.155 e. The summed E-state index contributed by atoms with van der Waals surface area (Å²) in [6, 6.07) is 0. The van der Waals surface area contributed by atoms with Crippen LogP contribution in [0.5, 0.6) is 0 Å². The average Bonchev–Trinajstić information content (AvgIpc) is 2.06. The minimum absolute atomic E-state index is 0.131. The number of sulfone groups is 1. The summed E-state index contributed by atoms with van der Waals surface area (Å²) in [5.41, 5.74) is 0. The minimum atomic E-state index is -2.86. The van der Waals surface area contributed by atoms with Gasteiger partial charge in [-0.25, -0.2) is 8.42 Å². The van der Waals surface area contributed by atoms with Gasteiger partial charge in [0, 0.05) is 0 Å². The molecular weight excluding hydrogens is 184 g/mol. The molecule has 0 saturated heterocycles. The third-order valence-electron chi connectivity index (χ3n) is 2.63. The van der Waals surface area contributed by atoms with Crippen LogP contribution in [0.1, 0.15) is 53.4 Å². The summed E-state index contributed by atoms with van der Waals surface area (Å²) in [5.74, 6) is 0. The van der Waals surface area contributed by atoms with Gasteiger partial charge in [-0.15, -0.1) is 0 Å². The van der Waals surface area contributed by atoms with Crippen molar-refractivity contribution in [3.8, 4) is 0 Å². The lowest BCUT2D eigenvalue weighted by atomic mass is 10.3. The van der Waals surface area contributed by atoms with E-state index in [-0.39, 0.29) is 10.5 Å². The number of hydrogen-bond donors (Lipinski definition) is 0. The highest BCUT2D eigenvalue weighted by Crippen LogP contribution is 2.18. The van der Waals surface area contributed by atoms with E-state index < -0.39 is 9.84 Å². The van der Waals surface area contributed by atoms with Crippen LogP contribution >= 0.6 is 0 Å². The lowest BCUT2D eigenvalue weighted by molar-refractivity contribution is 0.552. The normalized spacial score (nSPS) is 14.8. The van der Waals surface area contributed by atoms with Gasteiger partial charge in [-0.1, -0.05) is 27.2 Å². The van der Waals surface area contributed by atoms with E-state index >= 15 is 0 Å². The van der Waals surface area contributed by atoms with E-state index in [9.17, 15) is 8.42 Å². The molecule has 0 bridgehead atoms. The van der Waals surface area contributed by atoms with Crippen LogP contribution in [-0.2, 0) is 9.84 Å². The van der Waals surface area contributed by atoms with E-state index in [0.29, 0.717) is 0 Å². The minimum Gasteiger partial charge on any atom is -0.228 e. The Labute approximate surface area is 82.6 Å². The summed E-state index contributed by atoms with van der Waals surface area (Å²) in [6.45, 7) is 7.75.